The Labute approximate surface area is 146 Å². The summed E-state index contributed by atoms with van der Waals surface area (Å²) in [5.41, 5.74) is 0.638. The van der Waals surface area contributed by atoms with E-state index >= 15 is 0 Å². The van der Waals surface area contributed by atoms with Crippen LogP contribution in [0.1, 0.15) is 29.0 Å². The molecule has 2 heteroatoms. The molecule has 0 saturated heterocycles. The van der Waals surface area contributed by atoms with Gasteiger partial charge >= 0.3 is 0 Å². The molecule has 1 nitrogen and oxygen atoms in total. The van der Waals surface area contributed by atoms with Crippen LogP contribution < -0.4 is 0 Å². The average molecular weight is 312 g/mol. The van der Waals surface area contributed by atoms with Crippen LogP contribution in [-0.2, 0) is 0 Å². The maximum absolute atomic E-state index is 7.84. The van der Waals surface area contributed by atoms with Gasteiger partial charge in [-0.1, -0.05) is 36.4 Å². The van der Waals surface area contributed by atoms with Crippen molar-refractivity contribution < 1.29 is 12.3 Å². The minimum atomic E-state index is -2.62. The van der Waals surface area contributed by atoms with Crippen molar-refractivity contribution in [1.82, 2.24) is 4.98 Å². The van der Waals surface area contributed by atoms with Crippen molar-refractivity contribution in [2.45, 2.75) is 20.6 Å². The molecule has 2 heterocycles. The fourth-order valence-electron chi connectivity index (χ4n) is 2.62. The molecule has 108 valence electrons. The molecule has 0 N–H and O–H groups in total. The minimum absolute atomic E-state index is 0.256. The second-order valence-electron chi connectivity index (χ2n) is 5.08. The van der Waals surface area contributed by atoms with E-state index in [9.17, 15) is 0 Å². The third kappa shape index (κ3) is 1.95. The quantitative estimate of drug-likeness (QED) is 0.417. The van der Waals surface area contributed by atoms with Crippen molar-refractivity contribution in [1.29, 1.82) is 0 Å². The second kappa shape index (κ2) is 4.92. The van der Waals surface area contributed by atoms with Crippen LogP contribution in [0.2, 0.25) is 0 Å². The number of hydrogen-bond donors (Lipinski definition) is 0. The number of thiophene rings is 1. The molecular formula is C20H17NS. The summed E-state index contributed by atoms with van der Waals surface area (Å²) >= 11 is 1.31. The molecule has 0 fully saturated rings. The summed E-state index contributed by atoms with van der Waals surface area (Å²) < 4.78 is 71.2. The van der Waals surface area contributed by atoms with Crippen molar-refractivity contribution in [3.8, 4) is 11.3 Å². The lowest BCUT2D eigenvalue weighted by atomic mass is 10.0. The van der Waals surface area contributed by atoms with Crippen LogP contribution in [0.4, 0.5) is 0 Å². The second-order valence-corrected chi connectivity index (χ2v) is 6.10. The largest absolute Gasteiger partial charge is 0.256 e. The lowest BCUT2D eigenvalue weighted by molar-refractivity contribution is 1.22. The molecule has 0 amide bonds. The van der Waals surface area contributed by atoms with Crippen molar-refractivity contribution in [3.05, 3.63) is 65.4 Å². The van der Waals surface area contributed by atoms with Crippen LogP contribution in [0.5, 0.6) is 0 Å². The van der Waals surface area contributed by atoms with Gasteiger partial charge in [0.1, 0.15) is 0 Å². The lowest BCUT2D eigenvalue weighted by Gasteiger charge is -2.05. The molecule has 0 aliphatic carbocycles. The van der Waals surface area contributed by atoms with Gasteiger partial charge in [0.25, 0.3) is 0 Å². The Morgan fingerprint density at radius 1 is 0.864 bits per heavy atom. The fraction of sp³-hybridized carbons (Fsp3) is 0.150. The zero-order valence-electron chi connectivity index (χ0n) is 20.5. The first kappa shape index (κ1) is 6.93. The van der Waals surface area contributed by atoms with Gasteiger partial charge in [0.15, 0.2) is 0 Å². The predicted molar refractivity (Wildman–Crippen MR) is 96.8 cm³/mol. The van der Waals surface area contributed by atoms with E-state index in [-0.39, 0.29) is 16.7 Å². The maximum Gasteiger partial charge on any atom is 0.0719 e. The Morgan fingerprint density at radius 3 is 2.45 bits per heavy atom. The molecule has 2 aromatic carbocycles. The van der Waals surface area contributed by atoms with Crippen LogP contribution in [0.25, 0.3) is 31.4 Å². The van der Waals surface area contributed by atoms with Crippen LogP contribution in [0, 0.1) is 20.6 Å². The van der Waals surface area contributed by atoms with Crippen molar-refractivity contribution in [2.75, 3.05) is 0 Å². The van der Waals surface area contributed by atoms with Gasteiger partial charge in [-0.15, -0.1) is 11.3 Å². The lowest BCUT2D eigenvalue weighted by Crippen LogP contribution is -1.88. The SMILES string of the molecule is [2H]C([2H])([2H])c1cnc(-c2cccc3c2sc2c(C([2H])([2H])[2H])cccc23)cc1C([2H])([2H])[2H]. The molecule has 0 bridgehead atoms. The summed E-state index contributed by atoms with van der Waals surface area (Å²) in [5, 5.41) is 1.63. The number of hydrogen-bond acceptors (Lipinski definition) is 2. The molecule has 0 radical (unpaired) electrons. The number of aromatic nitrogens is 1. The highest BCUT2D eigenvalue weighted by Crippen LogP contribution is 2.40. The van der Waals surface area contributed by atoms with E-state index in [1.54, 1.807) is 24.3 Å². The number of nitrogens with zero attached hydrogens (tertiary/aromatic N) is 1. The molecule has 2 aromatic heterocycles. The Hall–Kier alpha value is -2.19. The van der Waals surface area contributed by atoms with Gasteiger partial charge in [0.2, 0.25) is 0 Å². The van der Waals surface area contributed by atoms with Gasteiger partial charge in [-0.3, -0.25) is 4.98 Å². The van der Waals surface area contributed by atoms with E-state index in [1.807, 2.05) is 12.1 Å². The van der Waals surface area contributed by atoms with E-state index in [0.29, 0.717) is 16.0 Å². The zero-order chi connectivity index (χ0) is 22.8. The summed E-state index contributed by atoms with van der Waals surface area (Å²) in [6, 6.07) is 11.9. The molecule has 0 unspecified atom stereocenters. The minimum Gasteiger partial charge on any atom is -0.256 e. The summed E-state index contributed by atoms with van der Waals surface area (Å²) in [4.78, 5) is 4.27. The molecule has 0 atom stereocenters. The van der Waals surface area contributed by atoms with E-state index in [2.05, 4.69) is 4.98 Å². The van der Waals surface area contributed by atoms with Crippen LogP contribution in [-0.4, -0.2) is 4.98 Å². The topological polar surface area (TPSA) is 12.9 Å². The first-order chi connectivity index (χ1) is 14.3. The predicted octanol–water partition coefficient (Wildman–Crippen LogP) is 6.04. The van der Waals surface area contributed by atoms with Crippen LogP contribution >= 0.6 is 11.3 Å². The number of fused-ring (bicyclic) bond motifs is 3. The monoisotopic (exact) mass is 312 g/mol. The Morgan fingerprint density at radius 2 is 1.64 bits per heavy atom. The first-order valence-electron chi connectivity index (χ1n) is 11.2. The molecule has 0 spiro atoms. The fourth-order valence-corrected chi connectivity index (χ4v) is 3.87. The maximum atomic E-state index is 7.84. The molecule has 4 rings (SSSR count). The van der Waals surface area contributed by atoms with Gasteiger partial charge in [-0.25, -0.2) is 0 Å². The van der Waals surface area contributed by atoms with Crippen molar-refractivity contribution in [2.24, 2.45) is 0 Å². The molecular weight excluding hydrogens is 286 g/mol. The average Bonchev–Trinajstić information content (AvgIpc) is 3.04. The van der Waals surface area contributed by atoms with E-state index in [0.717, 1.165) is 21.7 Å². The van der Waals surface area contributed by atoms with Gasteiger partial charge < -0.3 is 0 Å². The van der Waals surface area contributed by atoms with Crippen molar-refractivity contribution in [3.63, 3.8) is 0 Å². The third-order valence-corrected chi connectivity index (χ3v) is 4.99. The van der Waals surface area contributed by atoms with Gasteiger partial charge in [0.05, 0.1) is 5.69 Å². The summed E-state index contributed by atoms with van der Waals surface area (Å²) in [7, 11) is 0. The summed E-state index contributed by atoms with van der Waals surface area (Å²) in [5.74, 6) is 0. The van der Waals surface area contributed by atoms with Gasteiger partial charge in [0, 0.05) is 44.3 Å². The molecule has 0 aliphatic rings. The zero-order valence-corrected chi connectivity index (χ0v) is 12.3. The standard InChI is InChI=1S/C20H17NS/c1-12-6-4-7-15-16-8-5-9-17(20(16)22-19(12)15)18-10-13(2)14(3)11-21-18/h4-11H,1-3H3/i1D3,2D3,3D3. The normalized spacial score (nSPS) is 19.2. The van der Waals surface area contributed by atoms with Crippen molar-refractivity contribution >= 4 is 31.5 Å². The van der Waals surface area contributed by atoms with Crippen LogP contribution in [0.15, 0.2) is 48.7 Å². The molecule has 0 saturated carbocycles. The molecule has 4 aromatic rings. The smallest absolute Gasteiger partial charge is 0.0719 e. The number of pyridine rings is 1. The molecule has 0 aliphatic heterocycles. The van der Waals surface area contributed by atoms with Gasteiger partial charge in [-0.05, 0) is 43.3 Å². The number of aryl methyl sites for hydroxylation is 3. The molecule has 22 heavy (non-hydrogen) atoms. The van der Waals surface area contributed by atoms with E-state index in [4.69, 9.17) is 12.3 Å². The Balaban J connectivity index is 2.01. The summed E-state index contributed by atoms with van der Waals surface area (Å²) in [6.45, 7) is -7.49. The Kier molecular flexibility index (Phi) is 1.55. The van der Waals surface area contributed by atoms with Crippen LogP contribution in [0.3, 0.4) is 0 Å². The van der Waals surface area contributed by atoms with Gasteiger partial charge in [-0.2, -0.15) is 0 Å². The number of rotatable bonds is 1. The first-order valence-corrected chi connectivity index (χ1v) is 7.56. The highest BCUT2D eigenvalue weighted by Gasteiger charge is 2.12. The Bertz CT molecular complexity index is 1300. The summed E-state index contributed by atoms with van der Waals surface area (Å²) in [6.07, 6.45) is 1.10. The highest BCUT2D eigenvalue weighted by molar-refractivity contribution is 7.26. The number of benzene rings is 2. The highest BCUT2D eigenvalue weighted by atomic mass is 32.1. The third-order valence-electron chi connectivity index (χ3n) is 3.70. The van der Waals surface area contributed by atoms with E-state index < -0.39 is 20.6 Å². The van der Waals surface area contributed by atoms with E-state index in [1.165, 1.54) is 17.4 Å².